The van der Waals surface area contributed by atoms with Crippen molar-refractivity contribution < 1.29 is 23.4 Å². The molecule has 0 radical (unpaired) electrons. The topological polar surface area (TPSA) is 46.5 Å². The highest BCUT2D eigenvalue weighted by atomic mass is 19.3. The molecule has 0 bridgehead atoms. The average molecular weight is 288 g/mol. The van der Waals surface area contributed by atoms with Crippen molar-refractivity contribution in [2.75, 3.05) is 0 Å². The van der Waals surface area contributed by atoms with Crippen molar-refractivity contribution in [2.24, 2.45) is 11.8 Å². The number of carbonyl (C=O) groups is 1. The fraction of sp³-hybridized carbons (Fsp3) is 0.800. The summed E-state index contributed by atoms with van der Waals surface area (Å²) in [7, 11) is 0. The Bertz CT molecular complexity index is 381. The minimum absolute atomic E-state index is 0.153. The van der Waals surface area contributed by atoms with Gasteiger partial charge in [-0.15, -0.1) is 0 Å². The van der Waals surface area contributed by atoms with Crippen molar-refractivity contribution >= 4 is 5.97 Å². The molecule has 1 heterocycles. The quantitative estimate of drug-likeness (QED) is 0.464. The highest BCUT2D eigenvalue weighted by Gasteiger charge is 2.48. The van der Waals surface area contributed by atoms with Gasteiger partial charge in [0, 0.05) is 24.7 Å². The summed E-state index contributed by atoms with van der Waals surface area (Å²) in [6, 6.07) is 0. The molecule has 1 saturated heterocycles. The summed E-state index contributed by atoms with van der Waals surface area (Å²) in [5, 5.41) is 9.90. The third kappa shape index (κ3) is 3.57. The van der Waals surface area contributed by atoms with Crippen LogP contribution >= 0.6 is 0 Å². The highest BCUT2D eigenvalue weighted by Crippen LogP contribution is 2.42. The van der Waals surface area contributed by atoms with Crippen molar-refractivity contribution in [3.63, 3.8) is 0 Å². The van der Waals surface area contributed by atoms with Crippen LogP contribution in [-0.4, -0.2) is 29.2 Å². The van der Waals surface area contributed by atoms with Gasteiger partial charge in [0.05, 0.1) is 12.5 Å². The van der Waals surface area contributed by atoms with E-state index in [1.54, 1.807) is 0 Å². The lowest BCUT2D eigenvalue weighted by Crippen LogP contribution is -2.20. The van der Waals surface area contributed by atoms with E-state index in [1.807, 2.05) is 6.92 Å². The molecule has 3 nitrogen and oxygen atoms in total. The molecule has 4 atom stereocenters. The van der Waals surface area contributed by atoms with Gasteiger partial charge in [-0.05, 0) is 12.5 Å². The maximum Gasteiger partial charge on any atom is 0.306 e. The number of esters is 1. The van der Waals surface area contributed by atoms with Crippen LogP contribution in [0.2, 0.25) is 0 Å². The molecule has 0 aromatic heterocycles. The summed E-state index contributed by atoms with van der Waals surface area (Å²) in [4.78, 5) is 11.2. The first-order valence-corrected chi connectivity index (χ1v) is 7.37. The molecule has 0 aromatic rings. The lowest BCUT2D eigenvalue weighted by atomic mass is 9.91. The fourth-order valence-electron chi connectivity index (χ4n) is 3.13. The SMILES string of the molecule is CCCCCC(F)(F)C=CC1C(O)CC2OC(=O)CC21. The Balaban J connectivity index is 1.94. The molecule has 2 fully saturated rings. The van der Waals surface area contributed by atoms with Crippen LogP contribution in [0.1, 0.15) is 45.4 Å². The van der Waals surface area contributed by atoms with Gasteiger partial charge in [-0.25, -0.2) is 8.78 Å². The van der Waals surface area contributed by atoms with Gasteiger partial charge in [0.25, 0.3) is 5.92 Å². The standard InChI is InChI=1S/C15H22F2O3/c1-2-3-4-6-15(16,17)7-5-10-11-8-14(19)20-13(11)9-12(10)18/h5,7,10-13,18H,2-4,6,8-9H2,1H3. The molecule has 2 rings (SSSR count). The predicted molar refractivity (Wildman–Crippen MR) is 70.3 cm³/mol. The third-order valence-corrected chi connectivity index (χ3v) is 4.25. The van der Waals surface area contributed by atoms with Gasteiger partial charge in [-0.2, -0.15) is 0 Å². The number of rotatable bonds is 6. The number of hydrogen-bond donors (Lipinski definition) is 1. The number of unbranched alkanes of at least 4 members (excludes halogenated alkanes) is 2. The summed E-state index contributed by atoms with van der Waals surface area (Å²) in [5.74, 6) is -3.68. The number of fused-ring (bicyclic) bond motifs is 1. The second-order valence-electron chi connectivity index (χ2n) is 5.85. The van der Waals surface area contributed by atoms with E-state index in [0.717, 1.165) is 18.9 Å². The molecule has 1 saturated carbocycles. The van der Waals surface area contributed by atoms with E-state index < -0.39 is 17.9 Å². The first kappa shape index (κ1) is 15.4. The summed E-state index contributed by atoms with van der Waals surface area (Å²) in [5.41, 5.74) is 0. The molecule has 4 unspecified atom stereocenters. The number of alkyl halides is 2. The molecule has 1 N–H and O–H groups in total. The lowest BCUT2D eigenvalue weighted by Gasteiger charge is -2.17. The number of carbonyl (C=O) groups excluding carboxylic acids is 1. The second-order valence-corrected chi connectivity index (χ2v) is 5.85. The van der Waals surface area contributed by atoms with Crippen LogP contribution in [0.15, 0.2) is 12.2 Å². The van der Waals surface area contributed by atoms with E-state index in [4.69, 9.17) is 4.74 Å². The monoisotopic (exact) mass is 288 g/mol. The maximum absolute atomic E-state index is 13.7. The Morgan fingerprint density at radius 1 is 1.45 bits per heavy atom. The molecule has 2 aliphatic rings. The Labute approximate surface area is 118 Å². The summed E-state index contributed by atoms with van der Waals surface area (Å²) in [6.07, 6.45) is 3.91. The van der Waals surface area contributed by atoms with Gasteiger partial charge < -0.3 is 9.84 Å². The molecular weight excluding hydrogens is 266 g/mol. The van der Waals surface area contributed by atoms with Crippen LogP contribution in [0, 0.1) is 11.8 Å². The Morgan fingerprint density at radius 3 is 2.90 bits per heavy atom. The number of ether oxygens (including phenoxy) is 1. The molecule has 0 spiro atoms. The third-order valence-electron chi connectivity index (χ3n) is 4.25. The van der Waals surface area contributed by atoms with Crippen LogP contribution in [0.25, 0.3) is 0 Å². The summed E-state index contributed by atoms with van der Waals surface area (Å²) in [6.45, 7) is 1.97. The van der Waals surface area contributed by atoms with E-state index in [2.05, 4.69) is 0 Å². The zero-order valence-corrected chi connectivity index (χ0v) is 11.7. The molecule has 1 aliphatic carbocycles. The van der Waals surface area contributed by atoms with E-state index in [-0.39, 0.29) is 30.8 Å². The van der Waals surface area contributed by atoms with E-state index in [0.29, 0.717) is 12.8 Å². The van der Waals surface area contributed by atoms with Crippen LogP contribution < -0.4 is 0 Å². The molecule has 20 heavy (non-hydrogen) atoms. The van der Waals surface area contributed by atoms with Crippen molar-refractivity contribution in [1.82, 2.24) is 0 Å². The number of hydrogen-bond acceptors (Lipinski definition) is 3. The smallest absolute Gasteiger partial charge is 0.306 e. The number of aliphatic hydroxyl groups is 1. The summed E-state index contributed by atoms with van der Waals surface area (Å²) >= 11 is 0. The lowest BCUT2D eigenvalue weighted by molar-refractivity contribution is -0.141. The minimum Gasteiger partial charge on any atom is -0.462 e. The zero-order chi connectivity index (χ0) is 14.8. The van der Waals surface area contributed by atoms with Crippen molar-refractivity contribution in [2.45, 2.75) is 63.6 Å². The number of halogens is 2. The average Bonchev–Trinajstić information content (AvgIpc) is 2.82. The van der Waals surface area contributed by atoms with Crippen LogP contribution in [0.3, 0.4) is 0 Å². The van der Waals surface area contributed by atoms with Gasteiger partial charge >= 0.3 is 5.97 Å². The van der Waals surface area contributed by atoms with Gasteiger partial charge in [-0.1, -0.05) is 25.8 Å². The highest BCUT2D eigenvalue weighted by molar-refractivity contribution is 5.72. The number of allylic oxidation sites excluding steroid dienone is 1. The maximum atomic E-state index is 13.7. The molecule has 0 amide bonds. The van der Waals surface area contributed by atoms with Crippen molar-refractivity contribution in [3.8, 4) is 0 Å². The molecule has 114 valence electrons. The Hall–Kier alpha value is -0.970. The predicted octanol–water partition coefficient (Wildman–Crippen LogP) is 3.07. The Kier molecular flexibility index (Phi) is 4.78. The van der Waals surface area contributed by atoms with Gasteiger partial charge in [0.1, 0.15) is 6.10 Å². The van der Waals surface area contributed by atoms with Gasteiger partial charge in [-0.3, -0.25) is 4.79 Å². The summed E-state index contributed by atoms with van der Waals surface area (Å²) < 4.78 is 32.4. The van der Waals surface area contributed by atoms with E-state index >= 15 is 0 Å². The minimum atomic E-state index is -2.84. The normalized spacial score (nSPS) is 33.7. The second kappa shape index (κ2) is 6.20. The Morgan fingerprint density at radius 2 is 2.20 bits per heavy atom. The van der Waals surface area contributed by atoms with Crippen LogP contribution in [-0.2, 0) is 9.53 Å². The molecule has 0 aromatic carbocycles. The first-order valence-electron chi connectivity index (χ1n) is 7.37. The molecule has 5 heteroatoms. The van der Waals surface area contributed by atoms with Gasteiger partial charge in [0.15, 0.2) is 0 Å². The van der Waals surface area contributed by atoms with Crippen molar-refractivity contribution in [3.05, 3.63) is 12.2 Å². The number of aliphatic hydroxyl groups excluding tert-OH is 1. The van der Waals surface area contributed by atoms with Crippen molar-refractivity contribution in [1.29, 1.82) is 0 Å². The molecular formula is C15H22F2O3. The van der Waals surface area contributed by atoms with Crippen LogP contribution in [0.4, 0.5) is 8.78 Å². The largest absolute Gasteiger partial charge is 0.462 e. The first-order chi connectivity index (χ1) is 9.43. The fourth-order valence-corrected chi connectivity index (χ4v) is 3.13. The van der Waals surface area contributed by atoms with E-state index in [9.17, 15) is 18.7 Å². The molecule has 1 aliphatic heterocycles. The van der Waals surface area contributed by atoms with Crippen LogP contribution in [0.5, 0.6) is 0 Å². The van der Waals surface area contributed by atoms with Gasteiger partial charge in [0.2, 0.25) is 0 Å². The zero-order valence-electron chi connectivity index (χ0n) is 11.7. The van der Waals surface area contributed by atoms with E-state index in [1.165, 1.54) is 6.08 Å².